The number of carbonyl (C=O) groups excluding carboxylic acids is 2. The number of amides is 2. The Balaban J connectivity index is 1.74. The Labute approximate surface area is 168 Å². The predicted octanol–water partition coefficient (Wildman–Crippen LogP) is 3.25. The van der Waals surface area contributed by atoms with Crippen LogP contribution in [0.15, 0.2) is 53.4 Å². The van der Waals surface area contributed by atoms with E-state index < -0.39 is 10.0 Å². The molecule has 2 aromatic rings. The van der Waals surface area contributed by atoms with Gasteiger partial charge in [0.2, 0.25) is 10.0 Å². The van der Waals surface area contributed by atoms with Gasteiger partial charge in [-0.1, -0.05) is 12.1 Å². The number of rotatable bonds is 4. The molecule has 7 nitrogen and oxygen atoms in total. The van der Waals surface area contributed by atoms with Crippen LogP contribution >= 0.6 is 11.8 Å². The first-order valence-corrected chi connectivity index (χ1v) is 11.1. The smallest absolute Gasteiger partial charge is 0.286 e. The molecular weight excluding hydrogens is 398 g/mol. The van der Waals surface area contributed by atoms with Crippen molar-refractivity contribution < 1.29 is 18.0 Å². The standard InChI is InChI=1S/C19H21N3O4S2/c1-21(2)19(24)27-17-7-4-3-6-16(17)20-18(23)14-8-10-15(11-9-14)22-12-5-13-28(22,25)26/h3-4,6-11H,5,12-13H2,1-2H3,(H,20,23). The number of anilines is 2. The summed E-state index contributed by atoms with van der Waals surface area (Å²) in [6, 6.07) is 13.5. The summed E-state index contributed by atoms with van der Waals surface area (Å²) in [5.41, 5.74) is 1.50. The lowest BCUT2D eigenvalue weighted by Gasteiger charge is -2.17. The first kappa shape index (κ1) is 20.2. The number of hydrogen-bond acceptors (Lipinski definition) is 5. The maximum absolute atomic E-state index is 12.6. The van der Waals surface area contributed by atoms with Crippen LogP contribution in [0.5, 0.6) is 0 Å². The number of para-hydroxylation sites is 1. The molecule has 0 radical (unpaired) electrons. The van der Waals surface area contributed by atoms with Crippen molar-refractivity contribution in [2.45, 2.75) is 11.3 Å². The van der Waals surface area contributed by atoms with Crippen molar-refractivity contribution in [2.75, 3.05) is 36.0 Å². The van der Waals surface area contributed by atoms with E-state index in [1.54, 1.807) is 62.6 Å². The van der Waals surface area contributed by atoms with Crippen molar-refractivity contribution in [1.29, 1.82) is 0 Å². The third kappa shape index (κ3) is 4.48. The number of hydrogen-bond donors (Lipinski definition) is 1. The first-order chi connectivity index (χ1) is 13.3. The zero-order chi connectivity index (χ0) is 20.3. The summed E-state index contributed by atoms with van der Waals surface area (Å²) in [5.74, 6) is -0.184. The van der Waals surface area contributed by atoms with Gasteiger partial charge in [-0.25, -0.2) is 8.42 Å². The van der Waals surface area contributed by atoms with E-state index in [9.17, 15) is 18.0 Å². The Morgan fingerprint density at radius 2 is 1.75 bits per heavy atom. The third-order valence-electron chi connectivity index (χ3n) is 4.21. The van der Waals surface area contributed by atoms with Gasteiger partial charge >= 0.3 is 0 Å². The molecular formula is C19H21N3O4S2. The van der Waals surface area contributed by atoms with E-state index in [2.05, 4.69) is 5.32 Å². The molecule has 1 heterocycles. The molecule has 148 valence electrons. The van der Waals surface area contributed by atoms with Crippen molar-refractivity contribution in [1.82, 2.24) is 4.90 Å². The molecule has 2 aromatic carbocycles. The highest BCUT2D eigenvalue weighted by atomic mass is 32.2. The lowest BCUT2D eigenvalue weighted by Crippen LogP contribution is -2.25. The lowest BCUT2D eigenvalue weighted by atomic mass is 10.2. The summed E-state index contributed by atoms with van der Waals surface area (Å²) in [6.07, 6.45) is 0.602. The van der Waals surface area contributed by atoms with Crippen LogP contribution in [0, 0.1) is 0 Å². The summed E-state index contributed by atoms with van der Waals surface area (Å²) in [7, 11) is 0.0787. The minimum absolute atomic E-state index is 0.141. The second-order valence-electron chi connectivity index (χ2n) is 6.50. The Hall–Kier alpha value is -2.52. The zero-order valence-corrected chi connectivity index (χ0v) is 17.2. The van der Waals surface area contributed by atoms with Gasteiger partial charge in [0, 0.05) is 31.1 Å². The van der Waals surface area contributed by atoms with Gasteiger partial charge in [-0.05, 0) is 54.6 Å². The quantitative estimate of drug-likeness (QED) is 0.769. The Bertz CT molecular complexity index is 988. The molecule has 28 heavy (non-hydrogen) atoms. The molecule has 0 atom stereocenters. The van der Waals surface area contributed by atoms with Crippen LogP contribution in [0.2, 0.25) is 0 Å². The maximum Gasteiger partial charge on any atom is 0.286 e. The molecule has 0 aromatic heterocycles. The number of nitrogens with one attached hydrogen (secondary N) is 1. The van der Waals surface area contributed by atoms with Gasteiger partial charge in [0.05, 0.1) is 17.1 Å². The minimum atomic E-state index is -3.25. The van der Waals surface area contributed by atoms with Gasteiger partial charge < -0.3 is 10.2 Å². The molecule has 1 saturated heterocycles. The monoisotopic (exact) mass is 419 g/mol. The molecule has 9 heteroatoms. The van der Waals surface area contributed by atoms with Crippen molar-refractivity contribution in [3.8, 4) is 0 Å². The van der Waals surface area contributed by atoms with Crippen LogP contribution < -0.4 is 9.62 Å². The van der Waals surface area contributed by atoms with Crippen LogP contribution in [0.25, 0.3) is 0 Å². The normalized spacial score (nSPS) is 15.3. The molecule has 1 aliphatic rings. The molecule has 1 aliphatic heterocycles. The van der Waals surface area contributed by atoms with Crippen molar-refractivity contribution in [2.24, 2.45) is 0 Å². The molecule has 1 N–H and O–H groups in total. The van der Waals surface area contributed by atoms with Gasteiger partial charge in [0.15, 0.2) is 0 Å². The first-order valence-electron chi connectivity index (χ1n) is 8.68. The van der Waals surface area contributed by atoms with Crippen LogP contribution in [0.1, 0.15) is 16.8 Å². The molecule has 1 fully saturated rings. The number of carbonyl (C=O) groups is 2. The fourth-order valence-corrected chi connectivity index (χ4v) is 5.06. The highest BCUT2D eigenvalue weighted by Crippen LogP contribution is 2.29. The SMILES string of the molecule is CN(C)C(=O)Sc1ccccc1NC(=O)c1ccc(N2CCCS2(=O)=O)cc1. The zero-order valence-electron chi connectivity index (χ0n) is 15.6. The van der Waals surface area contributed by atoms with E-state index in [1.807, 2.05) is 0 Å². The van der Waals surface area contributed by atoms with E-state index in [1.165, 1.54) is 9.21 Å². The Kier molecular flexibility index (Phi) is 5.95. The van der Waals surface area contributed by atoms with Gasteiger partial charge in [-0.3, -0.25) is 13.9 Å². The highest BCUT2D eigenvalue weighted by molar-refractivity contribution is 8.13. The highest BCUT2D eigenvalue weighted by Gasteiger charge is 2.28. The van der Waals surface area contributed by atoms with Crippen LogP contribution in [0.4, 0.5) is 16.2 Å². The lowest BCUT2D eigenvalue weighted by molar-refractivity contribution is 0.102. The fraction of sp³-hybridized carbons (Fsp3) is 0.263. The van der Waals surface area contributed by atoms with E-state index in [0.717, 1.165) is 11.8 Å². The molecule has 3 rings (SSSR count). The molecule has 0 bridgehead atoms. The van der Waals surface area contributed by atoms with Crippen molar-refractivity contribution in [3.63, 3.8) is 0 Å². The molecule has 0 saturated carbocycles. The van der Waals surface area contributed by atoms with E-state index in [0.29, 0.717) is 34.8 Å². The number of thioether (sulfide) groups is 1. The van der Waals surface area contributed by atoms with Crippen molar-refractivity contribution in [3.05, 3.63) is 54.1 Å². The summed E-state index contributed by atoms with van der Waals surface area (Å²) >= 11 is 1.03. The summed E-state index contributed by atoms with van der Waals surface area (Å²) in [5, 5.41) is 2.67. The number of sulfonamides is 1. The number of nitrogens with zero attached hydrogens (tertiary/aromatic N) is 2. The molecule has 0 spiro atoms. The predicted molar refractivity (Wildman–Crippen MR) is 112 cm³/mol. The third-order valence-corrected chi connectivity index (χ3v) is 7.20. The average Bonchev–Trinajstić information content (AvgIpc) is 3.02. The van der Waals surface area contributed by atoms with Crippen LogP contribution in [-0.2, 0) is 10.0 Å². The maximum atomic E-state index is 12.6. The largest absolute Gasteiger partial charge is 0.339 e. The fourth-order valence-electron chi connectivity index (χ4n) is 2.75. The van der Waals surface area contributed by atoms with Gasteiger partial charge in [0.25, 0.3) is 11.1 Å². The molecule has 0 aliphatic carbocycles. The minimum Gasteiger partial charge on any atom is -0.339 e. The number of benzene rings is 2. The Morgan fingerprint density at radius 1 is 1.07 bits per heavy atom. The van der Waals surface area contributed by atoms with Crippen molar-refractivity contribution >= 4 is 44.3 Å². The molecule has 0 unspecified atom stereocenters. The Morgan fingerprint density at radius 3 is 2.36 bits per heavy atom. The molecule has 2 amide bonds. The van der Waals surface area contributed by atoms with Gasteiger partial charge in [0.1, 0.15) is 0 Å². The van der Waals surface area contributed by atoms with Crippen LogP contribution in [0.3, 0.4) is 0 Å². The topological polar surface area (TPSA) is 86.8 Å². The summed E-state index contributed by atoms with van der Waals surface area (Å²) in [6.45, 7) is 0.457. The van der Waals surface area contributed by atoms with E-state index >= 15 is 0 Å². The second-order valence-corrected chi connectivity index (χ2v) is 9.51. The van der Waals surface area contributed by atoms with E-state index in [4.69, 9.17) is 0 Å². The summed E-state index contributed by atoms with van der Waals surface area (Å²) < 4.78 is 25.4. The van der Waals surface area contributed by atoms with Gasteiger partial charge in [-0.15, -0.1) is 0 Å². The average molecular weight is 420 g/mol. The van der Waals surface area contributed by atoms with Crippen LogP contribution in [-0.4, -0.2) is 50.9 Å². The van der Waals surface area contributed by atoms with E-state index in [-0.39, 0.29) is 16.9 Å². The van der Waals surface area contributed by atoms with Gasteiger partial charge in [-0.2, -0.15) is 0 Å². The summed E-state index contributed by atoms with van der Waals surface area (Å²) in [4.78, 5) is 26.7. The second kappa shape index (κ2) is 8.24.